The van der Waals surface area contributed by atoms with Gasteiger partial charge in [-0.2, -0.15) is 0 Å². The van der Waals surface area contributed by atoms with Crippen molar-refractivity contribution in [3.05, 3.63) is 38.5 Å². The van der Waals surface area contributed by atoms with Gasteiger partial charge in [0, 0.05) is 0 Å². The van der Waals surface area contributed by atoms with Crippen LogP contribution in [0, 0.1) is 14.9 Å². The van der Waals surface area contributed by atoms with E-state index in [1.54, 1.807) is 0 Å². The van der Waals surface area contributed by atoms with Crippen molar-refractivity contribution < 1.29 is 41.5 Å². The molecule has 0 saturated carbocycles. The fourth-order valence-electron chi connectivity index (χ4n) is 0.410. The van der Waals surface area contributed by atoms with Crippen LogP contribution in [0.4, 0.5) is 0 Å². The number of aliphatic hydroxyl groups excluding tert-OH is 2. The van der Waals surface area contributed by atoms with Crippen LogP contribution in [0.25, 0.3) is 0 Å². The van der Waals surface area contributed by atoms with Crippen molar-refractivity contribution in [2.45, 2.75) is 20.8 Å². The number of allylic oxidation sites excluding steroid dienone is 4. The number of rotatable bonds is 2. The van der Waals surface area contributed by atoms with Crippen LogP contribution in [0.15, 0.2) is 23.7 Å². The molecule has 0 rings (SSSR count). The monoisotopic (exact) mass is 266 g/mol. The molecule has 0 aliphatic heterocycles. The van der Waals surface area contributed by atoms with E-state index in [1.807, 2.05) is 0 Å². The molecule has 0 atom stereocenters. The van der Waals surface area contributed by atoms with Crippen LogP contribution in [0.3, 0.4) is 0 Å². The molecule has 4 nitrogen and oxygen atoms in total. The second-order valence-electron chi connectivity index (χ2n) is 2.38. The van der Waals surface area contributed by atoms with Gasteiger partial charge in [-0.3, -0.25) is 9.59 Å². The van der Waals surface area contributed by atoms with Gasteiger partial charge in [0.1, 0.15) is 0 Å². The summed E-state index contributed by atoms with van der Waals surface area (Å²) in [4.78, 5) is 16.3. The second-order valence-corrected chi connectivity index (χ2v) is 2.38. The minimum absolute atomic E-state index is 0. The molecule has 92 valence electrons. The van der Waals surface area contributed by atoms with Crippen molar-refractivity contribution in [1.29, 1.82) is 0 Å². The van der Waals surface area contributed by atoms with Crippen molar-refractivity contribution >= 4 is 12.1 Å². The van der Waals surface area contributed by atoms with Gasteiger partial charge < -0.3 is 25.1 Å². The Labute approximate surface area is 113 Å². The van der Waals surface area contributed by atoms with Gasteiger partial charge in [0.2, 0.25) is 0 Å². The fourth-order valence-corrected chi connectivity index (χ4v) is 0.410. The Morgan fingerprint density at radius 3 is 1.38 bits per heavy atom. The molecule has 0 fully saturated rings. The van der Waals surface area contributed by atoms with Crippen LogP contribution in [-0.4, -0.2) is 31.9 Å². The quantitative estimate of drug-likeness (QED) is 0.201. The Kier molecular flexibility index (Phi) is 36.2. The predicted octanol–water partition coefficient (Wildman–Crippen LogP) is 2.53. The van der Waals surface area contributed by atoms with E-state index in [9.17, 15) is 0 Å². The molecule has 0 bridgehead atoms. The third-order valence-corrected chi connectivity index (χ3v) is 0.734. The first-order valence-corrected chi connectivity index (χ1v) is 3.63. The molecular formula is C11H22O4Ti+2. The first-order chi connectivity index (χ1) is 5.90. The van der Waals surface area contributed by atoms with Gasteiger partial charge in [0.25, 0.3) is 0 Å². The van der Waals surface area contributed by atoms with E-state index in [-0.39, 0.29) is 53.9 Å². The van der Waals surface area contributed by atoms with E-state index < -0.39 is 0 Å². The molecule has 4 N–H and O–H groups in total. The summed E-state index contributed by atoms with van der Waals surface area (Å²) in [5, 5.41) is 16.6. The standard InChI is InChI=1S/C5H8O2.C4H6O2.2CH3.Ti/c1-4(6)3-5(2)7;1-4(6)2-3-5;;;/h3,6H,1-2H3;2-3,6H,1H3;2*1H3;/q;;2*-1;+2/p+2/b4-3-;;;;. The van der Waals surface area contributed by atoms with Crippen molar-refractivity contribution in [1.82, 2.24) is 0 Å². The van der Waals surface area contributed by atoms with Crippen molar-refractivity contribution in [3.63, 3.8) is 0 Å². The van der Waals surface area contributed by atoms with Crippen molar-refractivity contribution in [2.75, 3.05) is 0 Å². The predicted molar refractivity (Wildman–Crippen MR) is 66.2 cm³/mol. The molecule has 5 heteroatoms. The van der Waals surface area contributed by atoms with E-state index in [0.717, 1.165) is 6.29 Å². The maximum absolute atomic E-state index is 8.40. The Morgan fingerprint density at radius 1 is 1.00 bits per heavy atom. The first kappa shape index (κ1) is 29.4. The molecule has 0 radical (unpaired) electrons. The summed E-state index contributed by atoms with van der Waals surface area (Å²) in [5.74, 6) is 0.359. The first-order valence-electron chi connectivity index (χ1n) is 3.63. The van der Waals surface area contributed by atoms with Crippen LogP contribution in [0.1, 0.15) is 20.8 Å². The summed E-state index contributed by atoms with van der Waals surface area (Å²) >= 11 is 0. The molecule has 0 amide bonds. The van der Waals surface area contributed by atoms with Crippen LogP contribution in [-0.2, 0) is 21.7 Å². The summed E-state index contributed by atoms with van der Waals surface area (Å²) in [6.45, 7) is 4.48. The Hall–Kier alpha value is -0.866. The average Bonchev–Trinajstić information content (AvgIpc) is 1.83. The number of hydrogen-bond donors (Lipinski definition) is 2. The van der Waals surface area contributed by atoms with Crippen molar-refractivity contribution in [3.8, 4) is 0 Å². The molecule has 0 aromatic heterocycles. The summed E-state index contributed by atoms with van der Waals surface area (Å²) in [5.41, 5.74) is 0. The molecule has 0 aliphatic rings. The van der Waals surface area contributed by atoms with Gasteiger partial charge in [-0.05, 0) is 13.8 Å². The number of ketones is 1. The van der Waals surface area contributed by atoms with E-state index in [1.165, 1.54) is 32.9 Å². The number of hydrogen-bond acceptors (Lipinski definition) is 2. The van der Waals surface area contributed by atoms with Gasteiger partial charge in [-0.1, -0.05) is 0 Å². The number of aldehydes is 1. The molecule has 0 unspecified atom stereocenters. The van der Waals surface area contributed by atoms with Gasteiger partial charge in [0.05, 0.1) is 30.6 Å². The normalized spacial score (nSPS) is 9.19. The van der Waals surface area contributed by atoms with Crippen molar-refractivity contribution in [2.24, 2.45) is 0 Å². The molecule has 0 heterocycles. The maximum Gasteiger partial charge on any atom is 2.00 e. The Balaban J connectivity index is -0.0000000428. The van der Waals surface area contributed by atoms with E-state index in [4.69, 9.17) is 19.8 Å². The van der Waals surface area contributed by atoms with Gasteiger partial charge in [-0.25, -0.2) is 0 Å². The Morgan fingerprint density at radius 2 is 1.38 bits per heavy atom. The zero-order valence-corrected chi connectivity index (χ0v) is 12.1. The molecular weight excluding hydrogens is 244 g/mol. The van der Waals surface area contributed by atoms with Crippen LogP contribution in [0.5, 0.6) is 0 Å². The third-order valence-electron chi connectivity index (χ3n) is 0.734. The minimum atomic E-state index is 0. The van der Waals surface area contributed by atoms with Gasteiger partial charge in [-0.15, -0.1) is 0 Å². The number of aliphatic hydroxyl groups is 2. The summed E-state index contributed by atoms with van der Waals surface area (Å²) in [6.07, 6.45) is 3.26. The summed E-state index contributed by atoms with van der Waals surface area (Å²) < 4.78 is 0. The topological polar surface area (TPSA) is 83.3 Å². The molecule has 0 aromatic rings. The summed E-state index contributed by atoms with van der Waals surface area (Å²) in [7, 11) is 0. The smallest absolute Gasteiger partial charge is 0.512 e. The van der Waals surface area contributed by atoms with E-state index in [2.05, 4.69) is 0 Å². The SMILES string of the molecule is CC(=[OH+])/C=C(/C)O.CC(O)=CC=[OH+].[CH3-].[CH3-].[Ti+2]. The van der Waals surface area contributed by atoms with Crippen LogP contribution in [0.2, 0.25) is 0 Å². The minimum Gasteiger partial charge on any atom is -0.512 e. The van der Waals surface area contributed by atoms with Crippen LogP contribution >= 0.6 is 0 Å². The molecule has 0 aromatic carbocycles. The molecule has 16 heavy (non-hydrogen) atoms. The maximum atomic E-state index is 8.40. The fraction of sp³-hybridized carbons (Fsp3) is 0.273. The van der Waals surface area contributed by atoms with Gasteiger partial charge >= 0.3 is 33.8 Å². The molecule has 0 spiro atoms. The van der Waals surface area contributed by atoms with E-state index in [0.29, 0.717) is 0 Å². The largest absolute Gasteiger partial charge is 2.00 e. The molecule has 0 saturated heterocycles. The van der Waals surface area contributed by atoms with E-state index >= 15 is 0 Å². The average molecular weight is 266 g/mol. The third kappa shape index (κ3) is 51.4. The second kappa shape index (κ2) is 19.7. The molecule has 0 aliphatic carbocycles. The number of carbonyl (C=O) groups excluding carboxylic acids is 2. The van der Waals surface area contributed by atoms with Gasteiger partial charge in [0.15, 0.2) is 0 Å². The Bertz CT molecular complexity index is 224. The zero-order chi connectivity index (χ0) is 10.9. The van der Waals surface area contributed by atoms with Crippen LogP contribution < -0.4 is 0 Å². The zero-order valence-electron chi connectivity index (χ0n) is 10.5. The summed E-state index contributed by atoms with van der Waals surface area (Å²) in [6, 6.07) is 0.